The van der Waals surface area contributed by atoms with Gasteiger partial charge in [-0.15, -0.1) is 11.8 Å². The van der Waals surface area contributed by atoms with E-state index in [4.69, 9.17) is 22.9 Å². The summed E-state index contributed by atoms with van der Waals surface area (Å²) in [6.45, 7) is 5.13. The summed E-state index contributed by atoms with van der Waals surface area (Å²) in [6, 6.07) is 6.57. The molecule has 1 aliphatic rings. The number of carbonyl (C=O) groups excluding carboxylic acids is 3. The number of hydroxylamine groups is 2. The summed E-state index contributed by atoms with van der Waals surface area (Å²) in [6.07, 6.45) is 5.60. The summed E-state index contributed by atoms with van der Waals surface area (Å²) in [5.41, 5.74) is -1.96. The fourth-order valence-corrected chi connectivity index (χ4v) is 6.13. The number of aromatic nitrogens is 1. The lowest BCUT2D eigenvalue weighted by atomic mass is 9.87. The highest BCUT2D eigenvalue weighted by Gasteiger charge is 2.49. The van der Waals surface area contributed by atoms with E-state index in [9.17, 15) is 19.5 Å². The lowest BCUT2D eigenvalue weighted by Gasteiger charge is -2.34. The van der Waals surface area contributed by atoms with E-state index in [2.05, 4.69) is 10.3 Å². The van der Waals surface area contributed by atoms with Crippen molar-refractivity contribution in [1.29, 1.82) is 0 Å². The second-order valence-electron chi connectivity index (χ2n) is 9.23. The van der Waals surface area contributed by atoms with Gasteiger partial charge in [0.25, 0.3) is 5.91 Å². The minimum Gasteiger partial charge on any atom is -0.376 e. The van der Waals surface area contributed by atoms with Gasteiger partial charge in [-0.05, 0) is 37.8 Å². The number of benzene rings is 1. The Morgan fingerprint density at radius 3 is 2.74 bits per heavy atom. The monoisotopic (exact) mass is 561 g/mol. The first-order chi connectivity index (χ1) is 18.1. The lowest BCUT2D eigenvalue weighted by Crippen LogP contribution is -2.58. The maximum Gasteiger partial charge on any atom is 0.252 e. The van der Waals surface area contributed by atoms with Crippen LogP contribution in [-0.4, -0.2) is 65.6 Å². The molecule has 1 aliphatic heterocycles. The number of amides is 2. The predicted molar refractivity (Wildman–Crippen MR) is 151 cm³/mol. The zero-order chi connectivity index (χ0) is 27.9. The van der Waals surface area contributed by atoms with Crippen LogP contribution in [0.3, 0.4) is 0 Å². The number of nitrogens with one attached hydrogen (secondary N) is 1. The number of fused-ring (bicyclic) bond motifs is 1. The van der Waals surface area contributed by atoms with Crippen LogP contribution >= 0.6 is 24.0 Å². The van der Waals surface area contributed by atoms with Gasteiger partial charge in [0.05, 0.1) is 0 Å². The number of thiocarbonyl (C=S) groups is 1. The van der Waals surface area contributed by atoms with E-state index in [1.54, 1.807) is 30.6 Å². The van der Waals surface area contributed by atoms with Gasteiger partial charge in [-0.25, -0.2) is 0 Å². The molecule has 4 N–H and O–H groups in total. The average molecular weight is 562 g/mol. The number of hydrogen-bond donors (Lipinski definition) is 3. The van der Waals surface area contributed by atoms with Crippen molar-refractivity contribution in [3.8, 4) is 5.75 Å². The zero-order valence-electron chi connectivity index (χ0n) is 21.9. The molecule has 12 heteroatoms. The van der Waals surface area contributed by atoms with Crippen LogP contribution in [-0.2, 0) is 14.4 Å². The fourth-order valence-electron chi connectivity index (χ4n) is 4.51. The highest BCUT2D eigenvalue weighted by atomic mass is 32.2. The third-order valence-electron chi connectivity index (χ3n) is 6.58. The molecule has 1 saturated heterocycles. The molecule has 1 aromatic heterocycles. The van der Waals surface area contributed by atoms with E-state index in [1.807, 2.05) is 19.9 Å². The fraction of sp³-hybridized carbons (Fsp3) is 0.500. The van der Waals surface area contributed by atoms with Gasteiger partial charge >= 0.3 is 0 Å². The molecule has 206 valence electrons. The van der Waals surface area contributed by atoms with Crippen molar-refractivity contribution in [2.24, 2.45) is 5.84 Å². The summed E-state index contributed by atoms with van der Waals surface area (Å²) in [7, 11) is 0. The highest BCUT2D eigenvalue weighted by molar-refractivity contribution is 8.00. The molecule has 10 nitrogen and oxygen atoms in total. The molecule has 1 fully saturated rings. The number of ketones is 1. The molecular formula is C26H35N5O5S2. The van der Waals surface area contributed by atoms with E-state index in [0.29, 0.717) is 43.6 Å². The second kappa shape index (κ2) is 13.4. The van der Waals surface area contributed by atoms with Crippen LogP contribution in [0, 0.1) is 0 Å². The van der Waals surface area contributed by atoms with Crippen LogP contribution < -0.4 is 16.0 Å². The number of nitrogens with two attached hydrogens (primary N) is 1. The number of thioether (sulfide) groups is 1. The summed E-state index contributed by atoms with van der Waals surface area (Å²) in [5, 5.41) is 16.9. The van der Waals surface area contributed by atoms with E-state index in [1.165, 1.54) is 28.8 Å². The highest BCUT2D eigenvalue weighted by Crippen LogP contribution is 2.38. The van der Waals surface area contributed by atoms with Crippen LogP contribution in [0.15, 0.2) is 36.7 Å². The van der Waals surface area contributed by atoms with Gasteiger partial charge in [-0.2, -0.15) is 10.1 Å². The number of aliphatic hydroxyl groups is 1. The van der Waals surface area contributed by atoms with Gasteiger partial charge in [0.1, 0.15) is 16.6 Å². The quantitative estimate of drug-likeness (QED) is 0.201. The number of hydrogen-bond acceptors (Lipinski definition) is 10. The minimum absolute atomic E-state index is 0.0352. The Morgan fingerprint density at radius 2 is 2.11 bits per heavy atom. The molecule has 2 unspecified atom stereocenters. The molecule has 0 radical (unpaired) electrons. The Kier molecular flexibility index (Phi) is 10.6. The van der Waals surface area contributed by atoms with Crippen LogP contribution in [0.2, 0.25) is 0 Å². The molecule has 38 heavy (non-hydrogen) atoms. The van der Waals surface area contributed by atoms with Crippen molar-refractivity contribution < 1.29 is 24.3 Å². The second-order valence-corrected chi connectivity index (χ2v) is 10.7. The SMILES string of the molecule is CCCC(=O)C1(CCCC(=O)NC(=S)C(CC)N(Oc2cccc3cnccc23)C(C)=O)CS[C@H](O)N1N. The molecular weight excluding hydrogens is 526 g/mol. The first-order valence-electron chi connectivity index (χ1n) is 12.7. The van der Waals surface area contributed by atoms with Crippen LogP contribution in [0.5, 0.6) is 5.75 Å². The number of Topliss-reactive ketones (excluding diaryl/α,β-unsaturated/α-hetero) is 1. The van der Waals surface area contributed by atoms with Crippen LogP contribution in [0.4, 0.5) is 0 Å². The molecule has 3 atom stereocenters. The maximum atomic E-state index is 12.9. The molecule has 0 saturated carbocycles. The van der Waals surface area contributed by atoms with Gasteiger partial charge in [0, 0.05) is 48.7 Å². The van der Waals surface area contributed by atoms with Crippen LogP contribution in [0.1, 0.15) is 59.3 Å². The summed E-state index contributed by atoms with van der Waals surface area (Å²) in [4.78, 5) is 48.5. The number of aliphatic hydroxyl groups excluding tert-OH is 1. The maximum absolute atomic E-state index is 12.9. The molecule has 2 heterocycles. The Morgan fingerprint density at radius 1 is 1.34 bits per heavy atom. The Balaban J connectivity index is 1.64. The first-order valence-corrected chi connectivity index (χ1v) is 14.1. The third kappa shape index (κ3) is 6.67. The Labute approximate surface area is 232 Å². The largest absolute Gasteiger partial charge is 0.376 e. The number of carbonyl (C=O) groups is 3. The lowest BCUT2D eigenvalue weighted by molar-refractivity contribution is -0.158. The third-order valence-corrected chi connectivity index (χ3v) is 8.12. The van der Waals surface area contributed by atoms with Crippen LogP contribution in [0.25, 0.3) is 10.8 Å². The Bertz CT molecular complexity index is 1180. The first kappa shape index (κ1) is 29.9. The number of hydrazine groups is 1. The van der Waals surface area contributed by atoms with E-state index >= 15 is 0 Å². The van der Waals surface area contributed by atoms with E-state index < -0.39 is 17.1 Å². The predicted octanol–water partition coefficient (Wildman–Crippen LogP) is 3.08. The summed E-state index contributed by atoms with van der Waals surface area (Å²) >= 11 is 6.72. The standard InChI is InChI=1S/C26H35N5O5S2/c1-4-8-22(33)26(16-38-25(35)31(26)27)13-7-11-23(34)29-24(37)20(5-2)30(17(3)32)36-21-10-6-9-18-15-28-14-12-19(18)21/h6,9-10,12,14-15,20,25,35H,4-5,7-8,11,13,16,27H2,1-3H3,(H,29,34,37)/t20?,25-,26?/m0/s1. The molecule has 1 aromatic carbocycles. The van der Waals surface area contributed by atoms with Gasteiger partial charge in [-0.1, -0.05) is 38.2 Å². The van der Waals surface area contributed by atoms with Crippen molar-refractivity contribution in [1.82, 2.24) is 20.4 Å². The number of pyridine rings is 1. The van der Waals surface area contributed by atoms with E-state index in [0.717, 1.165) is 10.8 Å². The van der Waals surface area contributed by atoms with Crippen molar-refractivity contribution in [2.75, 3.05) is 5.75 Å². The molecule has 0 aliphatic carbocycles. The Hall–Kier alpha value is -2.64. The van der Waals surface area contributed by atoms with Crippen molar-refractivity contribution >= 4 is 57.3 Å². The molecule has 2 amide bonds. The van der Waals surface area contributed by atoms with E-state index in [-0.39, 0.29) is 29.0 Å². The van der Waals surface area contributed by atoms with Gasteiger partial charge < -0.3 is 15.3 Å². The van der Waals surface area contributed by atoms with Gasteiger partial charge in [0.2, 0.25) is 5.91 Å². The molecule has 0 spiro atoms. The smallest absolute Gasteiger partial charge is 0.252 e. The average Bonchev–Trinajstić information content (AvgIpc) is 3.18. The summed E-state index contributed by atoms with van der Waals surface area (Å²) < 4.78 is 0. The van der Waals surface area contributed by atoms with Gasteiger partial charge in [-0.3, -0.25) is 25.2 Å². The minimum atomic E-state index is -1.000. The van der Waals surface area contributed by atoms with Crippen molar-refractivity contribution in [2.45, 2.75) is 76.4 Å². The summed E-state index contributed by atoms with van der Waals surface area (Å²) in [5.74, 6) is 6.18. The number of rotatable bonds is 12. The van der Waals surface area contributed by atoms with Crippen molar-refractivity contribution in [3.63, 3.8) is 0 Å². The molecule has 0 bridgehead atoms. The normalized spacial score (nSPS) is 20.2. The molecule has 3 rings (SSSR count). The van der Waals surface area contributed by atoms with Crippen molar-refractivity contribution in [3.05, 3.63) is 36.7 Å². The number of nitrogens with zero attached hydrogens (tertiary/aromatic N) is 3. The molecule has 2 aromatic rings. The van der Waals surface area contributed by atoms with Gasteiger partial charge in [0.15, 0.2) is 17.1 Å². The topological polar surface area (TPSA) is 138 Å². The zero-order valence-corrected chi connectivity index (χ0v) is 23.5.